The number of furan rings is 1. The lowest BCUT2D eigenvalue weighted by molar-refractivity contribution is 0.0996. The van der Waals surface area contributed by atoms with Crippen molar-refractivity contribution in [3.8, 4) is 0 Å². The van der Waals surface area contributed by atoms with Gasteiger partial charge in [0.1, 0.15) is 5.82 Å². The van der Waals surface area contributed by atoms with Crippen molar-refractivity contribution >= 4 is 22.7 Å². The highest BCUT2D eigenvalue weighted by atomic mass is 19.1. The van der Waals surface area contributed by atoms with Crippen LogP contribution in [0.3, 0.4) is 0 Å². The fraction of sp³-hybridized carbons (Fsp3) is 0.105. The summed E-state index contributed by atoms with van der Waals surface area (Å²) in [5.41, 5.74) is 1.48. The van der Waals surface area contributed by atoms with E-state index in [0.29, 0.717) is 23.3 Å². The summed E-state index contributed by atoms with van der Waals surface area (Å²) in [5.74, 6) is -0.373. The number of rotatable bonds is 4. The van der Waals surface area contributed by atoms with Crippen LogP contribution in [0.25, 0.3) is 11.0 Å². The topological polar surface area (TPSA) is 73.0 Å². The predicted octanol–water partition coefficient (Wildman–Crippen LogP) is 3.77. The minimum Gasteiger partial charge on any atom is -0.448 e. The Hall–Kier alpha value is -3.48. The number of aromatic nitrogens is 3. The van der Waals surface area contributed by atoms with Gasteiger partial charge < -0.3 is 9.73 Å². The molecular formula is C19H15FN4O2. The molecule has 1 N–H and O–H groups in total. The molecule has 0 fully saturated rings. The molecule has 0 spiro atoms. The molecule has 3 heterocycles. The standard InChI is InChI=1S/C19H15FN4O2/c1-12-14-6-4-7-15(20)18(14)26-17(12)19(25)23-16-8-10-22-24(16)11-13-5-2-3-9-21-13/h2-10H,11H2,1H3,(H,23,25). The van der Waals surface area contributed by atoms with Crippen LogP contribution in [0, 0.1) is 12.7 Å². The van der Waals surface area contributed by atoms with Crippen LogP contribution in [0.2, 0.25) is 0 Å². The lowest BCUT2D eigenvalue weighted by Gasteiger charge is -2.08. The second-order valence-electron chi connectivity index (χ2n) is 5.82. The van der Waals surface area contributed by atoms with Crippen LogP contribution in [0.15, 0.2) is 59.3 Å². The molecule has 4 rings (SSSR count). The molecule has 7 heteroatoms. The number of aryl methyl sites for hydroxylation is 1. The van der Waals surface area contributed by atoms with Gasteiger partial charge in [0.25, 0.3) is 5.91 Å². The SMILES string of the molecule is Cc1c(C(=O)Nc2ccnn2Cc2ccccn2)oc2c(F)cccc12. The maximum atomic E-state index is 13.9. The Kier molecular flexibility index (Phi) is 3.96. The molecule has 0 bridgehead atoms. The van der Waals surface area contributed by atoms with Crippen LogP contribution in [0.5, 0.6) is 0 Å². The molecule has 3 aromatic heterocycles. The molecule has 0 aliphatic heterocycles. The number of hydrogen-bond acceptors (Lipinski definition) is 4. The Labute approximate surface area is 148 Å². The molecule has 0 saturated carbocycles. The lowest BCUT2D eigenvalue weighted by Crippen LogP contribution is -2.16. The third-order valence-electron chi connectivity index (χ3n) is 4.12. The van der Waals surface area contributed by atoms with Crippen LogP contribution in [0.4, 0.5) is 10.2 Å². The number of carbonyl (C=O) groups is 1. The lowest BCUT2D eigenvalue weighted by atomic mass is 10.1. The number of hydrogen-bond donors (Lipinski definition) is 1. The van der Waals surface area contributed by atoms with Gasteiger partial charge in [0, 0.05) is 23.2 Å². The van der Waals surface area contributed by atoms with E-state index >= 15 is 0 Å². The summed E-state index contributed by atoms with van der Waals surface area (Å²) in [5, 5.41) is 7.56. The second-order valence-corrected chi connectivity index (χ2v) is 5.82. The average molecular weight is 350 g/mol. The van der Waals surface area contributed by atoms with Crippen molar-refractivity contribution in [2.24, 2.45) is 0 Å². The van der Waals surface area contributed by atoms with E-state index < -0.39 is 11.7 Å². The van der Waals surface area contributed by atoms with Gasteiger partial charge in [-0.25, -0.2) is 9.07 Å². The van der Waals surface area contributed by atoms with E-state index in [2.05, 4.69) is 15.4 Å². The van der Waals surface area contributed by atoms with Gasteiger partial charge in [-0.3, -0.25) is 9.78 Å². The van der Waals surface area contributed by atoms with E-state index in [-0.39, 0.29) is 11.3 Å². The van der Waals surface area contributed by atoms with Crippen molar-refractivity contribution in [2.45, 2.75) is 13.5 Å². The van der Waals surface area contributed by atoms with Gasteiger partial charge in [0.2, 0.25) is 0 Å². The molecule has 6 nitrogen and oxygen atoms in total. The van der Waals surface area contributed by atoms with Crippen LogP contribution >= 0.6 is 0 Å². The van der Waals surface area contributed by atoms with Crippen molar-refractivity contribution in [3.05, 3.63) is 77.7 Å². The summed E-state index contributed by atoms with van der Waals surface area (Å²) in [6, 6.07) is 11.9. The Bertz CT molecular complexity index is 1090. The Morgan fingerprint density at radius 3 is 2.85 bits per heavy atom. The highest BCUT2D eigenvalue weighted by Crippen LogP contribution is 2.27. The maximum absolute atomic E-state index is 13.9. The van der Waals surface area contributed by atoms with Crippen LogP contribution in [0.1, 0.15) is 21.8 Å². The number of fused-ring (bicyclic) bond motifs is 1. The van der Waals surface area contributed by atoms with Crippen molar-refractivity contribution in [3.63, 3.8) is 0 Å². The number of nitrogens with one attached hydrogen (secondary N) is 1. The van der Waals surface area contributed by atoms with Gasteiger partial charge in [-0.05, 0) is 25.1 Å². The van der Waals surface area contributed by atoms with Crippen molar-refractivity contribution < 1.29 is 13.6 Å². The highest BCUT2D eigenvalue weighted by molar-refractivity contribution is 6.06. The number of pyridine rings is 1. The summed E-state index contributed by atoms with van der Waals surface area (Å²) in [6.45, 7) is 2.14. The Morgan fingerprint density at radius 2 is 2.08 bits per heavy atom. The molecule has 0 atom stereocenters. The predicted molar refractivity (Wildman–Crippen MR) is 94.4 cm³/mol. The second kappa shape index (κ2) is 6.44. The van der Waals surface area contributed by atoms with E-state index in [9.17, 15) is 9.18 Å². The number of benzene rings is 1. The van der Waals surface area contributed by atoms with Crippen molar-refractivity contribution in [1.29, 1.82) is 0 Å². The number of anilines is 1. The zero-order valence-corrected chi connectivity index (χ0v) is 13.9. The molecule has 0 saturated heterocycles. The van der Waals surface area contributed by atoms with Gasteiger partial charge in [-0.15, -0.1) is 0 Å². The van der Waals surface area contributed by atoms with Crippen LogP contribution in [-0.4, -0.2) is 20.7 Å². The number of carbonyl (C=O) groups excluding carboxylic acids is 1. The largest absolute Gasteiger partial charge is 0.448 e. The molecule has 0 radical (unpaired) electrons. The first-order chi connectivity index (χ1) is 12.6. The van der Waals surface area contributed by atoms with Crippen LogP contribution < -0.4 is 5.32 Å². The third-order valence-corrected chi connectivity index (χ3v) is 4.12. The first-order valence-electron chi connectivity index (χ1n) is 8.04. The van der Waals surface area contributed by atoms with Gasteiger partial charge in [0.15, 0.2) is 17.2 Å². The van der Waals surface area contributed by atoms with Crippen molar-refractivity contribution in [1.82, 2.24) is 14.8 Å². The summed E-state index contributed by atoms with van der Waals surface area (Å²) < 4.78 is 21.0. The number of para-hydroxylation sites is 1. The van der Waals surface area contributed by atoms with E-state index in [4.69, 9.17) is 4.42 Å². The normalized spacial score (nSPS) is 11.0. The zero-order chi connectivity index (χ0) is 18.1. The summed E-state index contributed by atoms with van der Waals surface area (Å²) in [4.78, 5) is 16.9. The summed E-state index contributed by atoms with van der Waals surface area (Å²) in [6.07, 6.45) is 3.28. The molecule has 1 aromatic carbocycles. The number of nitrogens with zero attached hydrogens (tertiary/aromatic N) is 3. The van der Waals surface area contributed by atoms with Gasteiger partial charge in [-0.1, -0.05) is 18.2 Å². The quantitative estimate of drug-likeness (QED) is 0.608. The summed E-state index contributed by atoms with van der Waals surface area (Å²) in [7, 11) is 0. The number of amides is 1. The average Bonchev–Trinajstić information content (AvgIpc) is 3.21. The molecule has 130 valence electrons. The molecule has 1 amide bonds. The minimum atomic E-state index is -0.496. The molecular weight excluding hydrogens is 335 g/mol. The third kappa shape index (κ3) is 2.83. The fourth-order valence-corrected chi connectivity index (χ4v) is 2.81. The van der Waals surface area contributed by atoms with E-state index in [1.165, 1.54) is 6.07 Å². The minimum absolute atomic E-state index is 0.0793. The van der Waals surface area contributed by atoms with Gasteiger partial charge >= 0.3 is 0 Å². The number of halogens is 1. The highest BCUT2D eigenvalue weighted by Gasteiger charge is 2.20. The van der Waals surface area contributed by atoms with E-state index in [0.717, 1.165) is 5.69 Å². The first kappa shape index (κ1) is 16.0. The molecule has 0 unspecified atom stereocenters. The molecule has 0 aliphatic carbocycles. The zero-order valence-electron chi connectivity index (χ0n) is 13.9. The monoisotopic (exact) mass is 350 g/mol. The Balaban J connectivity index is 1.61. The maximum Gasteiger partial charge on any atom is 0.292 e. The van der Waals surface area contributed by atoms with Gasteiger partial charge in [-0.2, -0.15) is 5.10 Å². The summed E-state index contributed by atoms with van der Waals surface area (Å²) >= 11 is 0. The van der Waals surface area contributed by atoms with E-state index in [1.807, 2.05) is 18.2 Å². The fourth-order valence-electron chi connectivity index (χ4n) is 2.81. The Morgan fingerprint density at radius 1 is 1.19 bits per heavy atom. The van der Waals surface area contributed by atoms with Crippen molar-refractivity contribution in [2.75, 3.05) is 5.32 Å². The van der Waals surface area contributed by atoms with E-state index in [1.54, 1.807) is 42.2 Å². The van der Waals surface area contributed by atoms with Gasteiger partial charge in [0.05, 0.1) is 18.4 Å². The molecule has 0 aliphatic rings. The molecule has 26 heavy (non-hydrogen) atoms. The molecule has 4 aromatic rings. The van der Waals surface area contributed by atoms with Crippen LogP contribution in [-0.2, 0) is 6.54 Å². The smallest absolute Gasteiger partial charge is 0.292 e. The first-order valence-corrected chi connectivity index (χ1v) is 8.04.